The van der Waals surface area contributed by atoms with Crippen molar-refractivity contribution in [2.45, 2.75) is 77.0 Å². The van der Waals surface area contributed by atoms with E-state index in [1.54, 1.807) is 0 Å². The highest BCUT2D eigenvalue weighted by atomic mass is 16.4. The fraction of sp³-hybridized carbons (Fsp3) is 0.773. The molecule has 0 aliphatic heterocycles. The van der Waals surface area contributed by atoms with Gasteiger partial charge in [-0.2, -0.15) is 0 Å². The molecule has 0 heterocycles. The number of nitrogens with one attached hydrogen (secondary N) is 2. The minimum atomic E-state index is -0.675. The second-order valence-corrected chi connectivity index (χ2v) is 7.02. The standard InChI is InChI=1S/C22H43N3O2/c23-17-19-25-21-20-24-18-15-13-11-9-7-5-3-1-2-4-6-8-10-12-14-16-22(26)27/h1-2,5,7,24-25H,3-4,6,8-21,23H2,(H,26,27)/b2-1-,7-5-. The van der Waals surface area contributed by atoms with Crippen LogP contribution in [0.25, 0.3) is 0 Å². The van der Waals surface area contributed by atoms with Gasteiger partial charge in [-0.15, -0.1) is 0 Å². The van der Waals surface area contributed by atoms with Crippen molar-refractivity contribution in [1.29, 1.82) is 0 Å². The molecule has 0 fully saturated rings. The second-order valence-electron chi connectivity index (χ2n) is 7.02. The summed E-state index contributed by atoms with van der Waals surface area (Å²) >= 11 is 0. The van der Waals surface area contributed by atoms with Gasteiger partial charge in [0.15, 0.2) is 0 Å². The van der Waals surface area contributed by atoms with Gasteiger partial charge >= 0.3 is 5.97 Å². The first kappa shape index (κ1) is 25.8. The van der Waals surface area contributed by atoms with E-state index in [0.29, 0.717) is 13.0 Å². The highest BCUT2D eigenvalue weighted by molar-refractivity contribution is 5.66. The number of carboxylic acids is 1. The zero-order chi connectivity index (χ0) is 19.8. The lowest BCUT2D eigenvalue weighted by Crippen LogP contribution is -2.31. The van der Waals surface area contributed by atoms with Crippen LogP contribution < -0.4 is 16.4 Å². The summed E-state index contributed by atoms with van der Waals surface area (Å²) < 4.78 is 0. The van der Waals surface area contributed by atoms with Crippen LogP contribution >= 0.6 is 0 Å². The molecule has 0 amide bonds. The highest BCUT2D eigenvalue weighted by Crippen LogP contribution is 2.08. The van der Waals surface area contributed by atoms with E-state index in [4.69, 9.17) is 10.8 Å². The molecule has 0 radical (unpaired) electrons. The van der Waals surface area contributed by atoms with Crippen LogP contribution in [0.2, 0.25) is 0 Å². The number of hydrogen-bond donors (Lipinski definition) is 4. The number of carboxylic acid groups (broad SMARTS) is 1. The van der Waals surface area contributed by atoms with E-state index in [-0.39, 0.29) is 0 Å². The molecule has 0 rings (SSSR count). The Morgan fingerprint density at radius 3 is 1.89 bits per heavy atom. The largest absolute Gasteiger partial charge is 0.481 e. The number of allylic oxidation sites excluding steroid dienone is 4. The Kier molecular flexibility index (Phi) is 21.9. The zero-order valence-electron chi connectivity index (χ0n) is 17.3. The van der Waals surface area contributed by atoms with Gasteiger partial charge in [0.25, 0.3) is 0 Å². The van der Waals surface area contributed by atoms with Crippen molar-refractivity contribution in [1.82, 2.24) is 10.6 Å². The van der Waals surface area contributed by atoms with E-state index >= 15 is 0 Å². The van der Waals surface area contributed by atoms with Crippen LogP contribution in [-0.4, -0.2) is 43.8 Å². The van der Waals surface area contributed by atoms with E-state index in [9.17, 15) is 4.79 Å². The first-order valence-electron chi connectivity index (χ1n) is 10.9. The van der Waals surface area contributed by atoms with Crippen molar-refractivity contribution in [2.24, 2.45) is 5.73 Å². The minimum absolute atomic E-state index is 0.316. The fourth-order valence-electron chi connectivity index (χ4n) is 2.79. The van der Waals surface area contributed by atoms with Crippen LogP contribution in [0.15, 0.2) is 24.3 Å². The van der Waals surface area contributed by atoms with Gasteiger partial charge in [-0.1, -0.05) is 50.0 Å². The van der Waals surface area contributed by atoms with Gasteiger partial charge < -0.3 is 21.5 Å². The summed E-state index contributed by atoms with van der Waals surface area (Å²) in [5, 5.41) is 15.3. The summed E-state index contributed by atoms with van der Waals surface area (Å²) in [4.78, 5) is 10.4. The molecule has 0 aromatic rings. The molecule has 5 N–H and O–H groups in total. The lowest BCUT2D eigenvalue weighted by atomic mass is 10.1. The smallest absolute Gasteiger partial charge is 0.303 e. The topological polar surface area (TPSA) is 87.4 Å². The number of aliphatic carboxylic acids is 1. The summed E-state index contributed by atoms with van der Waals surface area (Å²) in [5.41, 5.74) is 5.41. The molecule has 0 aromatic heterocycles. The summed E-state index contributed by atoms with van der Waals surface area (Å²) in [6.07, 6.45) is 22.0. The average Bonchev–Trinajstić information content (AvgIpc) is 2.65. The van der Waals surface area contributed by atoms with Gasteiger partial charge in [0.2, 0.25) is 0 Å². The fourth-order valence-corrected chi connectivity index (χ4v) is 2.79. The predicted octanol–water partition coefficient (Wildman–Crippen LogP) is 4.00. The van der Waals surface area contributed by atoms with E-state index in [1.165, 1.54) is 38.5 Å². The third-order valence-electron chi connectivity index (χ3n) is 4.39. The third kappa shape index (κ3) is 24.8. The maximum absolute atomic E-state index is 10.4. The van der Waals surface area contributed by atoms with Gasteiger partial charge in [0.05, 0.1) is 0 Å². The first-order valence-corrected chi connectivity index (χ1v) is 10.9. The molecule has 0 saturated heterocycles. The zero-order valence-corrected chi connectivity index (χ0v) is 17.3. The lowest BCUT2D eigenvalue weighted by molar-refractivity contribution is -0.137. The molecular formula is C22H43N3O2. The van der Waals surface area contributed by atoms with Gasteiger partial charge in [0.1, 0.15) is 0 Å². The van der Waals surface area contributed by atoms with Crippen LogP contribution in [0.4, 0.5) is 0 Å². The molecule has 0 atom stereocenters. The summed E-state index contributed by atoms with van der Waals surface area (Å²) in [7, 11) is 0. The summed E-state index contributed by atoms with van der Waals surface area (Å²) in [6, 6.07) is 0. The average molecular weight is 382 g/mol. The molecule has 0 aromatic carbocycles. The Labute approximate surface area is 166 Å². The molecule has 0 unspecified atom stereocenters. The van der Waals surface area contributed by atoms with E-state index in [2.05, 4.69) is 34.9 Å². The van der Waals surface area contributed by atoms with Crippen molar-refractivity contribution in [3.05, 3.63) is 24.3 Å². The number of hydrogen-bond acceptors (Lipinski definition) is 4. The number of rotatable bonds is 21. The molecule has 5 nitrogen and oxygen atoms in total. The van der Waals surface area contributed by atoms with E-state index in [0.717, 1.165) is 58.3 Å². The quantitative estimate of drug-likeness (QED) is 0.178. The number of carbonyl (C=O) groups is 1. The molecule has 5 heteroatoms. The van der Waals surface area contributed by atoms with Crippen LogP contribution in [0.5, 0.6) is 0 Å². The number of nitrogens with two attached hydrogens (primary N) is 1. The van der Waals surface area contributed by atoms with Gasteiger partial charge in [-0.25, -0.2) is 0 Å². The van der Waals surface area contributed by atoms with E-state index < -0.39 is 5.97 Å². The van der Waals surface area contributed by atoms with Crippen molar-refractivity contribution < 1.29 is 9.90 Å². The minimum Gasteiger partial charge on any atom is -0.481 e. The molecular weight excluding hydrogens is 338 g/mol. The molecule has 158 valence electrons. The Morgan fingerprint density at radius 2 is 1.26 bits per heavy atom. The summed E-state index contributed by atoms with van der Waals surface area (Å²) in [5.74, 6) is -0.675. The maximum atomic E-state index is 10.4. The Hall–Kier alpha value is -1.17. The van der Waals surface area contributed by atoms with Crippen molar-refractivity contribution >= 4 is 5.97 Å². The molecule has 0 spiro atoms. The van der Waals surface area contributed by atoms with Crippen LogP contribution in [0, 0.1) is 0 Å². The van der Waals surface area contributed by atoms with Crippen molar-refractivity contribution in [3.8, 4) is 0 Å². The molecule has 27 heavy (non-hydrogen) atoms. The van der Waals surface area contributed by atoms with Crippen LogP contribution in [-0.2, 0) is 4.79 Å². The van der Waals surface area contributed by atoms with E-state index in [1.807, 2.05) is 0 Å². The van der Waals surface area contributed by atoms with Gasteiger partial charge in [0, 0.05) is 32.6 Å². The van der Waals surface area contributed by atoms with Gasteiger partial charge in [-0.05, 0) is 51.5 Å². The second kappa shape index (κ2) is 22.9. The molecule has 0 aliphatic rings. The van der Waals surface area contributed by atoms with Crippen LogP contribution in [0.1, 0.15) is 77.0 Å². The normalized spacial score (nSPS) is 11.7. The lowest BCUT2D eigenvalue weighted by Gasteiger charge is -2.05. The SMILES string of the molecule is NCCNCCNCCCCC/C=C\C/C=C\CCCCCCCC(=O)O. The first-order chi connectivity index (χ1) is 13.3. The van der Waals surface area contributed by atoms with Crippen molar-refractivity contribution in [3.63, 3.8) is 0 Å². The maximum Gasteiger partial charge on any atom is 0.303 e. The third-order valence-corrected chi connectivity index (χ3v) is 4.39. The molecule has 0 aliphatic carbocycles. The summed E-state index contributed by atoms with van der Waals surface area (Å²) in [6.45, 7) is 4.74. The highest BCUT2D eigenvalue weighted by Gasteiger charge is 1.95. The Bertz CT molecular complexity index is 371. The van der Waals surface area contributed by atoms with Crippen molar-refractivity contribution in [2.75, 3.05) is 32.7 Å². The monoisotopic (exact) mass is 381 g/mol. The molecule has 0 bridgehead atoms. The Morgan fingerprint density at radius 1 is 0.704 bits per heavy atom. The molecule has 0 saturated carbocycles. The van der Waals surface area contributed by atoms with Gasteiger partial charge in [-0.3, -0.25) is 4.79 Å². The Balaban J connectivity index is 3.17. The number of unbranched alkanes of at least 4 members (excludes halogenated alkanes) is 8. The predicted molar refractivity (Wildman–Crippen MR) is 116 cm³/mol. The van der Waals surface area contributed by atoms with Crippen LogP contribution in [0.3, 0.4) is 0 Å².